The summed E-state index contributed by atoms with van der Waals surface area (Å²) in [6, 6.07) is 15.5. The van der Waals surface area contributed by atoms with Gasteiger partial charge in [-0.05, 0) is 17.7 Å². The molecule has 0 amide bonds. The van der Waals surface area contributed by atoms with Crippen molar-refractivity contribution in [3.8, 4) is 0 Å². The molecule has 5 heteroatoms. The van der Waals surface area contributed by atoms with E-state index in [1.165, 1.54) is 5.46 Å². The minimum Gasteiger partial charge on any atom is -0.242 e. The Bertz CT molecular complexity index is 589. The van der Waals surface area contributed by atoms with Gasteiger partial charge in [-0.25, -0.2) is 4.99 Å². The van der Waals surface area contributed by atoms with E-state index < -0.39 is 0 Å². The largest absolute Gasteiger partial charge is 0.242 e. The van der Waals surface area contributed by atoms with Crippen LogP contribution in [-0.4, -0.2) is 13.0 Å². The molecule has 100 valence electrons. The van der Waals surface area contributed by atoms with Gasteiger partial charge in [0, 0.05) is 16.2 Å². The van der Waals surface area contributed by atoms with Crippen molar-refractivity contribution in [1.82, 2.24) is 0 Å². The number of nitrogens with zero attached hydrogens (tertiary/aromatic N) is 1. The van der Waals surface area contributed by atoms with Crippen LogP contribution < -0.4 is 5.46 Å². The zero-order valence-corrected chi connectivity index (χ0v) is 13.9. The van der Waals surface area contributed by atoms with Crippen LogP contribution in [-0.2, 0) is 0 Å². The van der Waals surface area contributed by atoms with Crippen molar-refractivity contribution in [2.75, 3.05) is 0 Å². The van der Waals surface area contributed by atoms with E-state index in [9.17, 15) is 0 Å². The van der Waals surface area contributed by atoms with E-state index in [2.05, 4.69) is 20.9 Å². The first-order valence-electron chi connectivity index (χ1n) is 5.98. The molecule has 1 nitrogen and oxygen atoms in total. The minimum absolute atomic E-state index is 0.405. The molecule has 0 atom stereocenters. The quantitative estimate of drug-likeness (QED) is 0.576. The summed E-state index contributed by atoms with van der Waals surface area (Å²) < 4.78 is 0.999. The fourth-order valence-electron chi connectivity index (χ4n) is 1.56. The number of hydrogen-bond acceptors (Lipinski definition) is 1. The van der Waals surface area contributed by atoms with Gasteiger partial charge in [0.2, 0.25) is 0 Å². The predicted molar refractivity (Wildman–Crippen MR) is 95.0 cm³/mol. The summed E-state index contributed by atoms with van der Waals surface area (Å²) in [5.41, 5.74) is 2.95. The van der Waals surface area contributed by atoms with Gasteiger partial charge in [-0.15, -0.1) is 0 Å². The van der Waals surface area contributed by atoms with Crippen LogP contribution in [0.15, 0.2) is 64.2 Å². The van der Waals surface area contributed by atoms with E-state index in [1.807, 2.05) is 56.4 Å². The number of rotatable bonds is 3. The predicted octanol–water partition coefficient (Wildman–Crippen LogP) is 3.93. The SMILES string of the molecule is Bc1ccc(/C(Cl)=C/N=C(\Cl)c2ccc(Br)cc2)cc1. The molecule has 0 spiro atoms. The monoisotopic (exact) mass is 365 g/mol. The summed E-state index contributed by atoms with van der Waals surface area (Å²) in [6.45, 7) is 0. The maximum absolute atomic E-state index is 6.20. The molecule has 0 saturated heterocycles. The van der Waals surface area contributed by atoms with Crippen LogP contribution in [0.5, 0.6) is 0 Å². The highest BCUT2D eigenvalue weighted by atomic mass is 79.9. The number of hydrogen-bond donors (Lipinski definition) is 0. The molecule has 0 aliphatic heterocycles. The topological polar surface area (TPSA) is 12.4 Å². The Kier molecular flexibility index (Phi) is 5.47. The molecule has 0 unspecified atom stereocenters. The molecule has 0 bridgehead atoms. The smallest absolute Gasteiger partial charge is 0.139 e. The molecule has 0 fully saturated rings. The molecule has 0 aliphatic rings. The Morgan fingerprint density at radius 3 is 2.10 bits per heavy atom. The molecule has 2 aromatic carbocycles. The zero-order valence-electron chi connectivity index (χ0n) is 10.8. The van der Waals surface area contributed by atoms with Crippen molar-refractivity contribution >= 4 is 62.6 Å². The molecule has 0 aliphatic carbocycles. The van der Waals surface area contributed by atoms with Crippen LogP contribution in [0.25, 0.3) is 5.03 Å². The Hall–Kier alpha value is -1.03. The first-order valence-corrected chi connectivity index (χ1v) is 7.53. The second-order valence-electron chi connectivity index (χ2n) is 4.27. The molecule has 0 N–H and O–H groups in total. The highest BCUT2D eigenvalue weighted by Gasteiger charge is 2.00. The van der Waals surface area contributed by atoms with Crippen molar-refractivity contribution in [3.63, 3.8) is 0 Å². The molecular weight excluding hydrogens is 356 g/mol. The van der Waals surface area contributed by atoms with Gasteiger partial charge in [0.15, 0.2) is 0 Å². The molecular formula is C15H11BBrCl2N. The first-order chi connectivity index (χ1) is 9.56. The van der Waals surface area contributed by atoms with E-state index in [0.29, 0.717) is 10.2 Å². The van der Waals surface area contributed by atoms with Gasteiger partial charge in [-0.2, -0.15) is 0 Å². The lowest BCUT2D eigenvalue weighted by molar-refractivity contribution is 1.54. The van der Waals surface area contributed by atoms with Crippen molar-refractivity contribution in [3.05, 3.63) is 70.3 Å². The third kappa shape index (κ3) is 4.24. The number of aliphatic imine (C=N–C) groups is 1. The van der Waals surface area contributed by atoms with Crippen molar-refractivity contribution in [2.45, 2.75) is 0 Å². The summed E-state index contributed by atoms with van der Waals surface area (Å²) in [7, 11) is 2.03. The Balaban J connectivity index is 2.19. The Morgan fingerprint density at radius 2 is 1.50 bits per heavy atom. The third-order valence-corrected chi connectivity index (χ3v) is 3.86. The fourth-order valence-corrected chi connectivity index (χ4v) is 2.18. The van der Waals surface area contributed by atoms with Gasteiger partial charge in [-0.1, -0.05) is 81.0 Å². The van der Waals surface area contributed by atoms with Gasteiger partial charge in [0.25, 0.3) is 0 Å². The van der Waals surface area contributed by atoms with Gasteiger partial charge < -0.3 is 0 Å². The summed E-state index contributed by atoms with van der Waals surface area (Å²) >= 11 is 15.7. The second-order valence-corrected chi connectivity index (χ2v) is 5.95. The molecule has 0 radical (unpaired) electrons. The van der Waals surface area contributed by atoms with Crippen molar-refractivity contribution in [2.24, 2.45) is 4.99 Å². The van der Waals surface area contributed by atoms with Crippen LogP contribution >= 0.6 is 39.1 Å². The lowest BCUT2D eigenvalue weighted by Crippen LogP contribution is -1.99. The van der Waals surface area contributed by atoms with Crippen LogP contribution in [0, 0.1) is 0 Å². The van der Waals surface area contributed by atoms with Crippen molar-refractivity contribution in [1.29, 1.82) is 0 Å². The molecule has 2 aromatic rings. The molecule has 20 heavy (non-hydrogen) atoms. The summed E-state index contributed by atoms with van der Waals surface area (Å²) in [4.78, 5) is 4.20. The molecule has 0 aromatic heterocycles. The van der Waals surface area contributed by atoms with E-state index in [1.54, 1.807) is 6.20 Å². The van der Waals surface area contributed by atoms with Gasteiger partial charge >= 0.3 is 0 Å². The normalized spacial score (nSPS) is 12.6. The number of halogens is 3. The summed E-state index contributed by atoms with van der Waals surface area (Å²) in [6.07, 6.45) is 1.57. The maximum atomic E-state index is 6.20. The van der Waals surface area contributed by atoms with Crippen LogP contribution in [0.1, 0.15) is 11.1 Å². The van der Waals surface area contributed by atoms with E-state index in [0.717, 1.165) is 15.6 Å². The first kappa shape index (κ1) is 15.4. The van der Waals surface area contributed by atoms with Gasteiger partial charge in [0.05, 0.1) is 5.03 Å². The standard InChI is InChI=1S/C15H11BBrCl2N/c16-12-5-1-10(2-6-12)14(18)9-20-15(19)11-3-7-13(17)8-4-11/h1-9H,16H2/b14-9-,20-15-. The van der Waals surface area contributed by atoms with E-state index in [-0.39, 0.29) is 0 Å². The van der Waals surface area contributed by atoms with Gasteiger partial charge in [0.1, 0.15) is 13.0 Å². The lowest BCUT2D eigenvalue weighted by Gasteiger charge is -2.00. The average molecular weight is 367 g/mol. The highest BCUT2D eigenvalue weighted by molar-refractivity contribution is 9.10. The zero-order chi connectivity index (χ0) is 14.5. The average Bonchev–Trinajstić information content (AvgIpc) is 2.46. The van der Waals surface area contributed by atoms with E-state index in [4.69, 9.17) is 23.2 Å². The molecule has 0 heterocycles. The maximum Gasteiger partial charge on any atom is 0.139 e. The van der Waals surface area contributed by atoms with Crippen LogP contribution in [0.4, 0.5) is 0 Å². The highest BCUT2D eigenvalue weighted by Crippen LogP contribution is 2.19. The minimum atomic E-state index is 0.405. The Labute approximate surface area is 137 Å². The lowest BCUT2D eigenvalue weighted by atomic mass is 9.95. The third-order valence-electron chi connectivity index (χ3n) is 2.70. The van der Waals surface area contributed by atoms with Gasteiger partial charge in [-0.3, -0.25) is 0 Å². The Morgan fingerprint density at radius 1 is 0.950 bits per heavy atom. The fraction of sp³-hybridized carbons (Fsp3) is 0. The number of benzene rings is 2. The second kappa shape index (κ2) is 7.12. The molecule has 0 saturated carbocycles. The summed E-state index contributed by atoms with van der Waals surface area (Å²) in [5.74, 6) is 0. The summed E-state index contributed by atoms with van der Waals surface area (Å²) in [5, 5.41) is 0.961. The van der Waals surface area contributed by atoms with Crippen molar-refractivity contribution < 1.29 is 0 Å². The van der Waals surface area contributed by atoms with Crippen LogP contribution in [0.3, 0.4) is 0 Å². The van der Waals surface area contributed by atoms with E-state index >= 15 is 0 Å². The van der Waals surface area contributed by atoms with Crippen LogP contribution in [0.2, 0.25) is 0 Å². The molecule has 2 rings (SSSR count).